The molecule has 0 saturated heterocycles. The van der Waals surface area contributed by atoms with E-state index in [1.807, 2.05) is 36.4 Å². The molecular formula is C28H29N3O4. The Kier molecular flexibility index (Phi) is 7.06. The van der Waals surface area contributed by atoms with Crippen LogP contribution in [0.2, 0.25) is 0 Å². The van der Waals surface area contributed by atoms with E-state index in [9.17, 15) is 14.7 Å². The Labute approximate surface area is 203 Å². The second-order valence-electron chi connectivity index (χ2n) is 8.72. The number of carbonyl (C=O) groups excluding carboxylic acids is 2. The third-order valence-electron chi connectivity index (χ3n) is 6.09. The molecule has 1 aromatic heterocycles. The summed E-state index contributed by atoms with van der Waals surface area (Å²) in [4.78, 5) is 24.8. The molecule has 0 unspecified atom stereocenters. The van der Waals surface area contributed by atoms with Crippen LogP contribution in [0, 0.1) is 0 Å². The number of nitrogens with two attached hydrogens (primary N) is 3. The number of aromatic hydroxyl groups is 1. The van der Waals surface area contributed by atoms with Crippen molar-refractivity contribution < 1.29 is 19.1 Å². The summed E-state index contributed by atoms with van der Waals surface area (Å²) in [5.74, 6) is -0.486. The van der Waals surface area contributed by atoms with E-state index in [1.54, 1.807) is 0 Å². The minimum absolute atomic E-state index is 0.0251. The Morgan fingerprint density at radius 3 is 2.20 bits per heavy atom. The van der Waals surface area contributed by atoms with Crippen molar-refractivity contribution in [3.8, 4) is 5.75 Å². The Balaban J connectivity index is 1.64. The van der Waals surface area contributed by atoms with Gasteiger partial charge < -0.3 is 26.7 Å². The molecule has 0 saturated carbocycles. The van der Waals surface area contributed by atoms with Crippen LogP contribution in [0.5, 0.6) is 5.75 Å². The summed E-state index contributed by atoms with van der Waals surface area (Å²) in [6.45, 7) is 0. The second kappa shape index (κ2) is 10.3. The molecule has 7 heteroatoms. The number of primary amides is 1. The summed E-state index contributed by atoms with van der Waals surface area (Å²) >= 11 is 0. The lowest BCUT2D eigenvalue weighted by molar-refractivity contribution is -0.118. The average molecular weight is 472 g/mol. The fourth-order valence-electron chi connectivity index (χ4n) is 4.29. The number of aryl methyl sites for hydroxylation is 3. The topological polar surface area (TPSA) is 146 Å². The van der Waals surface area contributed by atoms with Crippen molar-refractivity contribution in [3.63, 3.8) is 0 Å². The molecule has 180 valence electrons. The first-order valence-corrected chi connectivity index (χ1v) is 11.6. The second-order valence-corrected chi connectivity index (χ2v) is 8.72. The van der Waals surface area contributed by atoms with Gasteiger partial charge in [0.25, 0.3) is 0 Å². The number of rotatable bonds is 10. The van der Waals surface area contributed by atoms with Gasteiger partial charge in [-0.1, -0.05) is 42.5 Å². The molecule has 35 heavy (non-hydrogen) atoms. The Bertz CT molecular complexity index is 1350. The minimum atomic E-state index is -0.409. The van der Waals surface area contributed by atoms with Crippen molar-refractivity contribution in [1.29, 1.82) is 0 Å². The van der Waals surface area contributed by atoms with Crippen molar-refractivity contribution in [1.82, 2.24) is 0 Å². The van der Waals surface area contributed by atoms with Crippen LogP contribution in [0.1, 0.15) is 52.1 Å². The van der Waals surface area contributed by atoms with Crippen molar-refractivity contribution in [3.05, 3.63) is 88.7 Å². The van der Waals surface area contributed by atoms with Gasteiger partial charge in [-0.15, -0.1) is 0 Å². The summed E-state index contributed by atoms with van der Waals surface area (Å²) in [6.07, 6.45) is 3.86. The van der Waals surface area contributed by atoms with E-state index in [2.05, 4.69) is 12.1 Å². The molecule has 3 aromatic carbocycles. The molecule has 1 amide bonds. The van der Waals surface area contributed by atoms with E-state index in [1.165, 1.54) is 17.7 Å². The first-order chi connectivity index (χ1) is 16.8. The smallest absolute Gasteiger partial charge is 0.217 e. The SMILES string of the molecule is NC(=O)CCCc1oc2cc(CCCc3ccccc3)ccc2c1C(=O)c1cc(N)c(O)c(N)c1. The predicted octanol–water partition coefficient (Wildman–Crippen LogP) is 4.52. The number of fused-ring (bicyclic) bond motifs is 1. The van der Waals surface area contributed by atoms with Gasteiger partial charge in [0.15, 0.2) is 11.5 Å². The predicted molar refractivity (Wildman–Crippen MR) is 137 cm³/mol. The molecule has 7 nitrogen and oxygen atoms in total. The highest BCUT2D eigenvalue weighted by atomic mass is 16.3. The summed E-state index contributed by atoms with van der Waals surface area (Å²) in [6, 6.07) is 19.0. The van der Waals surface area contributed by atoms with Gasteiger partial charge in [-0.2, -0.15) is 0 Å². The van der Waals surface area contributed by atoms with Crippen LogP contribution in [0.4, 0.5) is 11.4 Å². The van der Waals surface area contributed by atoms with Crippen molar-refractivity contribution in [2.75, 3.05) is 11.5 Å². The maximum atomic E-state index is 13.5. The first kappa shape index (κ1) is 23.9. The highest BCUT2D eigenvalue weighted by Crippen LogP contribution is 2.34. The van der Waals surface area contributed by atoms with Gasteiger partial charge in [-0.05, 0) is 55.0 Å². The standard InChI is InChI=1S/C28H29N3O4/c29-21-15-19(16-22(30)28(21)34)27(33)26-20-13-12-18(9-4-8-17-6-2-1-3-7-17)14-24(20)35-23(26)10-5-11-25(31)32/h1-3,6-7,12-16,34H,4-5,8-11,29-30H2,(H2,31,32). The number of anilines is 2. The molecule has 0 fully saturated rings. The van der Waals surface area contributed by atoms with Gasteiger partial charge in [-0.25, -0.2) is 0 Å². The van der Waals surface area contributed by atoms with Crippen LogP contribution in [-0.2, 0) is 24.1 Å². The van der Waals surface area contributed by atoms with E-state index >= 15 is 0 Å². The molecule has 0 aliphatic rings. The molecule has 1 heterocycles. The zero-order valence-corrected chi connectivity index (χ0v) is 19.4. The Morgan fingerprint density at radius 1 is 0.829 bits per heavy atom. The molecule has 0 radical (unpaired) electrons. The van der Waals surface area contributed by atoms with Gasteiger partial charge in [-0.3, -0.25) is 9.59 Å². The maximum Gasteiger partial charge on any atom is 0.217 e. The number of carbonyl (C=O) groups is 2. The third-order valence-corrected chi connectivity index (χ3v) is 6.09. The Morgan fingerprint density at radius 2 is 1.51 bits per heavy atom. The summed E-state index contributed by atoms with van der Waals surface area (Å²) < 4.78 is 6.13. The third kappa shape index (κ3) is 5.46. The zero-order valence-electron chi connectivity index (χ0n) is 19.4. The largest absolute Gasteiger partial charge is 0.504 e. The quantitative estimate of drug-likeness (QED) is 0.152. The van der Waals surface area contributed by atoms with Gasteiger partial charge in [0.05, 0.1) is 16.9 Å². The monoisotopic (exact) mass is 471 g/mol. The average Bonchev–Trinajstić information content (AvgIpc) is 3.19. The molecule has 0 bridgehead atoms. The van der Waals surface area contributed by atoms with Crippen LogP contribution in [0.3, 0.4) is 0 Å². The van der Waals surface area contributed by atoms with Crippen LogP contribution in [0.15, 0.2) is 65.1 Å². The molecule has 4 rings (SSSR count). The molecule has 0 aliphatic carbocycles. The van der Waals surface area contributed by atoms with Gasteiger partial charge in [0, 0.05) is 23.8 Å². The lowest BCUT2D eigenvalue weighted by atomic mass is 9.96. The number of ketones is 1. The van der Waals surface area contributed by atoms with E-state index in [4.69, 9.17) is 21.6 Å². The number of hydrogen-bond donors (Lipinski definition) is 4. The number of amides is 1. The van der Waals surface area contributed by atoms with Crippen LogP contribution < -0.4 is 17.2 Å². The molecule has 0 aliphatic heterocycles. The van der Waals surface area contributed by atoms with Crippen molar-refractivity contribution >= 4 is 34.0 Å². The number of phenolic OH excluding ortho intramolecular Hbond substituents is 1. The fourth-order valence-corrected chi connectivity index (χ4v) is 4.29. The molecular weight excluding hydrogens is 442 g/mol. The van der Waals surface area contributed by atoms with Crippen LogP contribution in [0.25, 0.3) is 11.0 Å². The highest BCUT2D eigenvalue weighted by molar-refractivity contribution is 6.17. The van der Waals surface area contributed by atoms with Crippen molar-refractivity contribution in [2.24, 2.45) is 5.73 Å². The minimum Gasteiger partial charge on any atom is -0.504 e. The Hall–Kier alpha value is -4.26. The normalized spacial score (nSPS) is 11.1. The fraction of sp³-hybridized carbons (Fsp3) is 0.214. The number of benzene rings is 3. The van der Waals surface area contributed by atoms with Crippen LogP contribution >= 0.6 is 0 Å². The van der Waals surface area contributed by atoms with E-state index in [0.717, 1.165) is 24.8 Å². The summed E-state index contributed by atoms with van der Waals surface area (Å²) in [5, 5.41) is 10.6. The number of nitrogen functional groups attached to an aromatic ring is 2. The van der Waals surface area contributed by atoms with E-state index in [-0.39, 0.29) is 34.9 Å². The highest BCUT2D eigenvalue weighted by Gasteiger charge is 2.23. The first-order valence-electron chi connectivity index (χ1n) is 11.6. The van der Waals surface area contributed by atoms with Crippen LogP contribution in [-0.4, -0.2) is 16.8 Å². The number of hydrogen-bond acceptors (Lipinski definition) is 6. The number of phenols is 1. The molecule has 0 atom stereocenters. The van der Waals surface area contributed by atoms with Gasteiger partial charge in [0.1, 0.15) is 11.3 Å². The van der Waals surface area contributed by atoms with Gasteiger partial charge >= 0.3 is 0 Å². The molecule has 4 aromatic rings. The number of furan rings is 1. The van der Waals surface area contributed by atoms with Crippen molar-refractivity contribution in [2.45, 2.75) is 38.5 Å². The lowest BCUT2D eigenvalue weighted by Crippen LogP contribution is -2.11. The zero-order chi connectivity index (χ0) is 24.9. The lowest BCUT2D eigenvalue weighted by Gasteiger charge is -2.08. The molecule has 0 spiro atoms. The van der Waals surface area contributed by atoms with E-state index < -0.39 is 5.91 Å². The molecule has 7 N–H and O–H groups in total. The van der Waals surface area contributed by atoms with E-state index in [0.29, 0.717) is 35.1 Å². The summed E-state index contributed by atoms with van der Waals surface area (Å²) in [5.41, 5.74) is 20.7. The van der Waals surface area contributed by atoms with Gasteiger partial charge in [0.2, 0.25) is 5.91 Å². The maximum absolute atomic E-state index is 13.5. The summed E-state index contributed by atoms with van der Waals surface area (Å²) in [7, 11) is 0.